The first kappa shape index (κ1) is 18.5. The molecule has 0 aromatic carbocycles. The number of amides is 2. The van der Waals surface area contributed by atoms with Gasteiger partial charge in [0.1, 0.15) is 0 Å². The zero-order chi connectivity index (χ0) is 16.8. The zero-order valence-corrected chi connectivity index (χ0v) is 16.0. The van der Waals surface area contributed by atoms with E-state index < -0.39 is 0 Å². The van der Waals surface area contributed by atoms with Crippen LogP contribution in [0.2, 0.25) is 0 Å². The average Bonchev–Trinajstić information content (AvgIpc) is 3.23. The number of hydrogen-bond acceptors (Lipinski definition) is 7. The summed E-state index contributed by atoms with van der Waals surface area (Å²) in [7, 11) is 0. The molecule has 1 saturated carbocycles. The van der Waals surface area contributed by atoms with E-state index in [1.165, 1.54) is 34.9 Å². The second-order valence-electron chi connectivity index (χ2n) is 5.23. The van der Waals surface area contributed by atoms with Crippen LogP contribution < -0.4 is 5.32 Å². The largest absolute Gasteiger partial charge is 0.352 e. The molecule has 1 aromatic heterocycles. The Hall–Kier alpha value is -0.800. The van der Waals surface area contributed by atoms with Crippen LogP contribution in [0.25, 0.3) is 0 Å². The molecule has 1 heterocycles. The molecular weight excluding hydrogens is 352 g/mol. The van der Waals surface area contributed by atoms with Gasteiger partial charge in [0.2, 0.25) is 11.8 Å². The maximum Gasteiger partial charge on any atom is 0.233 e. The van der Waals surface area contributed by atoms with Gasteiger partial charge in [-0.1, -0.05) is 34.9 Å². The Kier molecular flexibility index (Phi) is 7.16. The highest BCUT2D eigenvalue weighted by Gasteiger charge is 2.26. The van der Waals surface area contributed by atoms with Crippen LogP contribution in [-0.2, 0) is 9.59 Å². The molecule has 0 spiro atoms. The van der Waals surface area contributed by atoms with Crippen molar-refractivity contribution < 1.29 is 9.59 Å². The molecule has 9 heteroatoms. The minimum atomic E-state index is -0.182. The first-order valence-corrected chi connectivity index (χ1v) is 10.4. The monoisotopic (exact) mass is 374 g/mol. The van der Waals surface area contributed by atoms with Crippen LogP contribution in [-0.4, -0.2) is 57.0 Å². The first-order chi connectivity index (χ1) is 11.0. The summed E-state index contributed by atoms with van der Waals surface area (Å²) in [5.74, 6) is 0.541. The molecule has 1 atom stereocenters. The molecule has 2 rings (SSSR count). The maximum absolute atomic E-state index is 12.0. The predicted molar refractivity (Wildman–Crippen MR) is 95.0 cm³/mol. The third-order valence-corrected chi connectivity index (χ3v) is 6.62. The number of aromatic nitrogens is 2. The van der Waals surface area contributed by atoms with E-state index in [1.807, 2.05) is 20.8 Å². The van der Waals surface area contributed by atoms with Crippen molar-refractivity contribution >= 4 is 46.7 Å². The molecule has 1 aliphatic rings. The Labute approximate surface area is 149 Å². The molecule has 6 nitrogen and oxygen atoms in total. The van der Waals surface area contributed by atoms with E-state index in [4.69, 9.17) is 0 Å². The molecule has 0 radical (unpaired) electrons. The van der Waals surface area contributed by atoms with Crippen molar-refractivity contribution in [2.75, 3.05) is 18.8 Å². The highest BCUT2D eigenvalue weighted by atomic mass is 32.2. The van der Waals surface area contributed by atoms with E-state index in [-0.39, 0.29) is 17.1 Å². The maximum atomic E-state index is 12.0. The molecule has 1 N–H and O–H groups in total. The minimum absolute atomic E-state index is 0.0543. The standard InChI is InChI=1S/C14H22N4O2S3/c1-4-18(5-2)11(19)8-21-13-16-17-14(23-13)22-9(3)12(20)15-10-6-7-10/h9-10H,4-8H2,1-3H3,(H,15,20)/t9-/m1/s1. The summed E-state index contributed by atoms with van der Waals surface area (Å²) in [5, 5.41) is 11.0. The molecular formula is C14H22N4O2S3. The normalized spacial score (nSPS) is 15.3. The van der Waals surface area contributed by atoms with Gasteiger partial charge in [-0.15, -0.1) is 10.2 Å². The molecule has 23 heavy (non-hydrogen) atoms. The lowest BCUT2D eigenvalue weighted by Gasteiger charge is -2.17. The quantitative estimate of drug-likeness (QED) is 0.668. The van der Waals surface area contributed by atoms with Crippen LogP contribution in [0.1, 0.15) is 33.6 Å². The van der Waals surface area contributed by atoms with Crippen LogP contribution in [0.15, 0.2) is 8.68 Å². The summed E-state index contributed by atoms with van der Waals surface area (Å²) in [6, 6.07) is 0.372. The number of carbonyl (C=O) groups is 2. The Morgan fingerprint density at radius 3 is 2.57 bits per heavy atom. The Bertz CT molecular complexity index is 544. The fourth-order valence-electron chi connectivity index (χ4n) is 1.85. The molecule has 1 fully saturated rings. The second kappa shape index (κ2) is 8.89. The lowest BCUT2D eigenvalue weighted by atomic mass is 10.4. The molecule has 0 unspecified atom stereocenters. The van der Waals surface area contributed by atoms with E-state index in [0.717, 1.165) is 34.6 Å². The molecule has 0 aliphatic heterocycles. The van der Waals surface area contributed by atoms with Gasteiger partial charge in [0.05, 0.1) is 11.0 Å². The molecule has 128 valence electrons. The smallest absolute Gasteiger partial charge is 0.233 e. The number of carbonyl (C=O) groups excluding carboxylic acids is 2. The minimum Gasteiger partial charge on any atom is -0.352 e. The summed E-state index contributed by atoms with van der Waals surface area (Å²) in [6.07, 6.45) is 2.17. The summed E-state index contributed by atoms with van der Waals surface area (Å²) in [4.78, 5) is 25.7. The van der Waals surface area contributed by atoms with Gasteiger partial charge in [-0.2, -0.15) is 0 Å². The Balaban J connectivity index is 1.78. The summed E-state index contributed by atoms with van der Waals surface area (Å²) < 4.78 is 1.53. The van der Waals surface area contributed by atoms with Gasteiger partial charge in [-0.25, -0.2) is 0 Å². The van der Waals surface area contributed by atoms with Crippen LogP contribution in [0.4, 0.5) is 0 Å². The van der Waals surface area contributed by atoms with Crippen LogP contribution in [0.5, 0.6) is 0 Å². The number of nitrogens with one attached hydrogen (secondary N) is 1. The summed E-state index contributed by atoms with van der Waals surface area (Å²) in [6.45, 7) is 7.27. The third kappa shape index (κ3) is 5.96. The van der Waals surface area contributed by atoms with Gasteiger partial charge >= 0.3 is 0 Å². The zero-order valence-electron chi connectivity index (χ0n) is 13.6. The van der Waals surface area contributed by atoms with Crippen LogP contribution in [0.3, 0.4) is 0 Å². The second-order valence-corrected chi connectivity index (χ2v) is 9.02. The van der Waals surface area contributed by atoms with Crippen molar-refractivity contribution in [2.24, 2.45) is 0 Å². The number of nitrogens with zero attached hydrogens (tertiary/aromatic N) is 3. The highest BCUT2D eigenvalue weighted by molar-refractivity contribution is 8.04. The first-order valence-electron chi connectivity index (χ1n) is 7.74. The summed E-state index contributed by atoms with van der Waals surface area (Å²) in [5.41, 5.74) is 0. The van der Waals surface area contributed by atoms with Gasteiger partial charge < -0.3 is 10.2 Å². The fraction of sp³-hybridized carbons (Fsp3) is 0.714. The number of rotatable bonds is 9. The van der Waals surface area contributed by atoms with E-state index in [0.29, 0.717) is 11.8 Å². The van der Waals surface area contributed by atoms with E-state index in [9.17, 15) is 9.59 Å². The van der Waals surface area contributed by atoms with Crippen molar-refractivity contribution in [2.45, 2.75) is 53.6 Å². The van der Waals surface area contributed by atoms with Gasteiger partial charge in [0.15, 0.2) is 8.68 Å². The van der Waals surface area contributed by atoms with Crippen molar-refractivity contribution in [1.82, 2.24) is 20.4 Å². The molecule has 0 bridgehead atoms. The number of thioether (sulfide) groups is 2. The van der Waals surface area contributed by atoms with E-state index in [2.05, 4.69) is 15.5 Å². The van der Waals surface area contributed by atoms with Crippen LogP contribution in [0, 0.1) is 0 Å². The summed E-state index contributed by atoms with van der Waals surface area (Å²) >= 11 is 4.26. The highest BCUT2D eigenvalue weighted by Crippen LogP contribution is 2.31. The van der Waals surface area contributed by atoms with Gasteiger partial charge in [-0.05, 0) is 33.6 Å². The SMILES string of the molecule is CCN(CC)C(=O)CSc1nnc(S[C@H](C)C(=O)NC2CC2)s1. The van der Waals surface area contributed by atoms with E-state index in [1.54, 1.807) is 4.90 Å². The number of hydrogen-bond donors (Lipinski definition) is 1. The fourth-order valence-corrected chi connectivity index (χ4v) is 4.92. The lowest BCUT2D eigenvalue weighted by molar-refractivity contribution is -0.128. The van der Waals surface area contributed by atoms with Crippen LogP contribution >= 0.6 is 34.9 Å². The van der Waals surface area contributed by atoms with Crippen molar-refractivity contribution in [1.29, 1.82) is 0 Å². The molecule has 1 aromatic rings. The van der Waals surface area contributed by atoms with Crippen molar-refractivity contribution in [3.63, 3.8) is 0 Å². The van der Waals surface area contributed by atoms with Gasteiger partial charge in [-0.3, -0.25) is 9.59 Å². The lowest BCUT2D eigenvalue weighted by Crippen LogP contribution is -2.32. The van der Waals surface area contributed by atoms with Crippen molar-refractivity contribution in [3.05, 3.63) is 0 Å². The third-order valence-electron chi connectivity index (χ3n) is 3.39. The predicted octanol–water partition coefficient (Wildman–Crippen LogP) is 2.26. The van der Waals surface area contributed by atoms with Crippen molar-refractivity contribution in [3.8, 4) is 0 Å². The Morgan fingerprint density at radius 1 is 1.30 bits per heavy atom. The van der Waals surface area contributed by atoms with Gasteiger partial charge in [0.25, 0.3) is 0 Å². The molecule has 2 amide bonds. The Morgan fingerprint density at radius 2 is 1.96 bits per heavy atom. The van der Waals surface area contributed by atoms with Gasteiger partial charge in [0, 0.05) is 19.1 Å². The topological polar surface area (TPSA) is 75.2 Å². The molecule has 1 aliphatic carbocycles. The van der Waals surface area contributed by atoms with E-state index >= 15 is 0 Å². The average molecular weight is 375 g/mol. The molecule has 0 saturated heterocycles.